The van der Waals surface area contributed by atoms with E-state index >= 15 is 0 Å². The molecule has 1 unspecified atom stereocenters. The molecule has 0 radical (unpaired) electrons. The molecule has 486 valence electrons. The Morgan fingerprint density at radius 2 is 0.792 bits per heavy atom. The summed E-state index contributed by atoms with van der Waals surface area (Å²) in [6, 6.07) is 60.7. The van der Waals surface area contributed by atoms with Crippen molar-refractivity contribution < 1.29 is 43.9 Å². The molecule has 0 saturated carbocycles. The summed E-state index contributed by atoms with van der Waals surface area (Å²) in [6.45, 7) is 5.23. The van der Waals surface area contributed by atoms with E-state index in [4.69, 9.17) is 0 Å². The second kappa shape index (κ2) is 28.3. The van der Waals surface area contributed by atoms with Crippen LogP contribution in [0.15, 0.2) is 200 Å². The molecule has 12 rings (SSSR count). The van der Waals surface area contributed by atoms with Crippen molar-refractivity contribution in [2.24, 2.45) is 0 Å². The van der Waals surface area contributed by atoms with Gasteiger partial charge in [0.1, 0.15) is 0 Å². The number of hydrogen-bond donors (Lipinski definition) is 9. The van der Waals surface area contributed by atoms with Crippen LogP contribution in [0.3, 0.4) is 0 Å². The fourth-order valence-electron chi connectivity index (χ4n) is 9.96. The van der Waals surface area contributed by atoms with E-state index in [0.717, 1.165) is 103 Å². The summed E-state index contributed by atoms with van der Waals surface area (Å²) in [6.07, 6.45) is 3.86. The lowest BCUT2D eigenvalue weighted by Gasteiger charge is -2.19. The molecule has 20 nitrogen and oxygen atoms in total. The molecule has 3 heterocycles. The monoisotopic (exact) mass is 1360 g/mol. The van der Waals surface area contributed by atoms with Gasteiger partial charge in [0.25, 0.3) is 0 Å². The number of nitrogens with one attached hydrogen (secondary N) is 7. The van der Waals surface area contributed by atoms with E-state index in [0.29, 0.717) is 56.9 Å². The predicted octanol–water partition coefficient (Wildman–Crippen LogP) is 11.7. The van der Waals surface area contributed by atoms with Gasteiger partial charge in [0.15, 0.2) is 17.5 Å². The average Bonchev–Trinajstić information content (AvgIpc) is 1.56. The maximum absolute atomic E-state index is 11.7. The third-order valence-corrected chi connectivity index (χ3v) is 16.5. The molecule has 1 atom stereocenters. The molecule has 0 saturated heterocycles. The quantitative estimate of drug-likeness (QED) is 0.0486. The van der Waals surface area contributed by atoms with Gasteiger partial charge in [-0.2, -0.15) is 0 Å². The Morgan fingerprint density at radius 1 is 0.406 bits per heavy atom. The summed E-state index contributed by atoms with van der Waals surface area (Å²) in [5.41, 5.74) is 14.8. The van der Waals surface area contributed by atoms with Crippen molar-refractivity contribution in [1.29, 1.82) is 0 Å². The highest BCUT2D eigenvalue weighted by molar-refractivity contribution is 7.92. The highest BCUT2D eigenvalue weighted by Crippen LogP contribution is 2.35. The van der Waals surface area contributed by atoms with E-state index in [-0.39, 0.29) is 0 Å². The highest BCUT2D eigenvalue weighted by atomic mass is 32.2. The van der Waals surface area contributed by atoms with E-state index in [1.54, 1.807) is 106 Å². The van der Waals surface area contributed by atoms with Gasteiger partial charge in [0.2, 0.25) is 40.1 Å². The van der Waals surface area contributed by atoms with Crippen LogP contribution in [-0.2, 0) is 45.7 Å². The van der Waals surface area contributed by atoms with Crippen LogP contribution in [0.25, 0.3) is 66.5 Å². The Kier molecular flexibility index (Phi) is 20.0. The molecule has 0 aliphatic rings. The molecule has 96 heavy (non-hydrogen) atoms. The number of aromatic nitrogens is 6. The number of H-pyrrole nitrogens is 3. The van der Waals surface area contributed by atoms with Crippen molar-refractivity contribution in [2.45, 2.75) is 32.5 Å². The topological polar surface area (TPSA) is 311 Å². The Morgan fingerprint density at radius 3 is 1.23 bits per heavy atom. The number of imidazole rings is 3. The summed E-state index contributed by atoms with van der Waals surface area (Å²) in [7, 11) is -13.4. The van der Waals surface area contributed by atoms with Crippen LogP contribution < -0.4 is 18.9 Å². The van der Waals surface area contributed by atoms with Crippen molar-refractivity contribution in [3.05, 3.63) is 245 Å². The fourth-order valence-corrected chi connectivity index (χ4v) is 12.2. The number of aliphatic hydroxyl groups is 2. The maximum atomic E-state index is 11.7. The van der Waals surface area contributed by atoms with Crippen molar-refractivity contribution in [1.82, 2.24) is 29.9 Å². The minimum Gasteiger partial charge on any atom is -0.389 e. The van der Waals surface area contributed by atoms with Gasteiger partial charge in [0.05, 0.1) is 75.5 Å². The molecular formula is C72H64N10O10S4. The summed E-state index contributed by atoms with van der Waals surface area (Å²) in [4.78, 5) is 23.3. The molecule has 24 heteroatoms. The summed E-state index contributed by atoms with van der Waals surface area (Å²) in [5.74, 6) is 19.6. The number of aromatic amines is 3. The first-order valence-electron chi connectivity index (χ1n) is 29.4. The molecule has 0 bridgehead atoms. The van der Waals surface area contributed by atoms with E-state index in [9.17, 15) is 43.9 Å². The number of fused-ring (bicyclic) bond motifs is 3. The smallest absolute Gasteiger partial charge is 0.229 e. The fraction of sp³-hybridized carbons (Fsp3) is 0.125. The normalized spacial score (nSPS) is 11.8. The summed E-state index contributed by atoms with van der Waals surface area (Å²) >= 11 is 0. The first kappa shape index (κ1) is 67.9. The molecule has 12 aromatic rings. The molecule has 9 N–H and O–H groups in total. The van der Waals surface area contributed by atoms with Gasteiger partial charge in [-0.1, -0.05) is 103 Å². The highest BCUT2D eigenvalue weighted by Gasteiger charge is 2.23. The number of rotatable bonds is 13. The zero-order valence-electron chi connectivity index (χ0n) is 52.8. The van der Waals surface area contributed by atoms with Crippen molar-refractivity contribution >= 4 is 95.9 Å². The van der Waals surface area contributed by atoms with E-state index in [1.165, 1.54) is 0 Å². The SMILES string of the molecule is CC(C)(O)c1cc(-c2ccccc2)cc2[nH]c(C#Cc3ccc(NS(C)(=O)=O)cc3)nc12.CC(O)c1ccccc1-c1ccc2nc(C#Cc3ccc(NS(C)(=O)=O)cc3)[nH]c2c1.CS(=O)(=O)Nc1ccc(C#Cc2nc3ccc(-c4ccccc4NS(C)(=O)=O)cc3[nH]2)cc1. The molecule has 0 aliphatic carbocycles. The molecule has 3 aromatic heterocycles. The molecule has 0 spiro atoms. The second-order valence-electron chi connectivity index (χ2n) is 22.9. The average molecular weight is 1360 g/mol. The van der Waals surface area contributed by atoms with Crippen molar-refractivity contribution in [3.63, 3.8) is 0 Å². The number of para-hydroxylation sites is 1. The van der Waals surface area contributed by atoms with Crippen LogP contribution >= 0.6 is 0 Å². The zero-order chi connectivity index (χ0) is 68.6. The van der Waals surface area contributed by atoms with Crippen LogP contribution in [-0.4, -0.2) is 98.8 Å². The largest absolute Gasteiger partial charge is 0.389 e. The number of hydrogen-bond acceptors (Lipinski definition) is 13. The molecule has 0 amide bonds. The van der Waals surface area contributed by atoms with Crippen molar-refractivity contribution in [3.8, 4) is 68.9 Å². The number of aliphatic hydroxyl groups excluding tert-OH is 1. The van der Waals surface area contributed by atoms with Gasteiger partial charge in [-0.3, -0.25) is 18.9 Å². The van der Waals surface area contributed by atoms with Gasteiger partial charge in [0, 0.05) is 44.9 Å². The van der Waals surface area contributed by atoms with Gasteiger partial charge in [-0.25, -0.2) is 48.6 Å². The van der Waals surface area contributed by atoms with Crippen LogP contribution in [0.5, 0.6) is 0 Å². The molecule has 0 fully saturated rings. The number of anilines is 4. The predicted molar refractivity (Wildman–Crippen MR) is 382 cm³/mol. The van der Waals surface area contributed by atoms with Crippen LogP contribution in [0, 0.1) is 35.5 Å². The van der Waals surface area contributed by atoms with Crippen molar-refractivity contribution in [2.75, 3.05) is 43.9 Å². The lowest BCUT2D eigenvalue weighted by atomic mass is 9.93. The molecule has 9 aromatic carbocycles. The minimum atomic E-state index is -3.41. The Hall–Kier alpha value is -11.0. The zero-order valence-corrected chi connectivity index (χ0v) is 56.0. The lowest BCUT2D eigenvalue weighted by molar-refractivity contribution is 0.0800. The summed E-state index contributed by atoms with van der Waals surface area (Å²) in [5, 5.41) is 20.8. The standard InChI is InChI=1S/C25H23N3O3S.C24H21N3O3S.C23H20N4O4S2/c1-25(2,29)21-15-19(18-7-5-4-6-8-18)16-22-24(21)27-23(26-22)14-11-17-9-12-20(13-10-17)28-32(3,30)31;1-16(28)20-5-3-4-6-21(20)18-10-13-22-23(15-18)26-24(25-22)14-9-17-7-11-19(12-8-17)27-31(2,29)30;1-32(28,29)26-18-11-7-16(8-12-18)9-14-23-24-21-13-10-17(15-22(21)25-23)19-5-3-4-6-20(19)27-33(2,30)31/h4-10,12-13,15-16,28-29H,1-3H3,(H,26,27);3-8,10-13,15-16,27-28H,1-2H3,(H,25,26);3-8,10-13,15,26-27H,1-2H3,(H,24,25). The van der Waals surface area contributed by atoms with Crippen LogP contribution in [0.1, 0.15) is 72.2 Å². The van der Waals surface area contributed by atoms with Gasteiger partial charge in [-0.15, -0.1) is 0 Å². The molecular weight excluding hydrogens is 1290 g/mol. The first-order valence-corrected chi connectivity index (χ1v) is 36.9. The van der Waals surface area contributed by atoms with Gasteiger partial charge in [-0.05, 0) is 187 Å². The lowest BCUT2D eigenvalue weighted by Crippen LogP contribution is -2.16. The van der Waals surface area contributed by atoms with Crippen LogP contribution in [0.2, 0.25) is 0 Å². The second-order valence-corrected chi connectivity index (χ2v) is 29.8. The third kappa shape index (κ3) is 18.9. The number of nitrogens with zero attached hydrogens (tertiary/aromatic N) is 3. The minimum absolute atomic E-state index is 0.463. The maximum Gasteiger partial charge on any atom is 0.229 e. The Balaban J connectivity index is 0.000000157. The van der Waals surface area contributed by atoms with E-state index in [2.05, 4.69) is 84.3 Å². The Labute approximate surface area is 557 Å². The van der Waals surface area contributed by atoms with Gasteiger partial charge >= 0.3 is 0 Å². The number of benzene rings is 9. The Bertz CT molecular complexity index is 5560. The van der Waals surface area contributed by atoms with E-state index < -0.39 is 51.8 Å². The molecule has 0 aliphatic heterocycles. The number of sulfonamides is 4. The van der Waals surface area contributed by atoms with Gasteiger partial charge < -0.3 is 25.2 Å². The van der Waals surface area contributed by atoms with E-state index in [1.807, 2.05) is 115 Å². The third-order valence-electron chi connectivity index (χ3n) is 14.1. The first-order chi connectivity index (χ1) is 45.4. The summed E-state index contributed by atoms with van der Waals surface area (Å²) < 4.78 is 101. The van der Waals surface area contributed by atoms with Crippen LogP contribution in [0.4, 0.5) is 22.7 Å².